The van der Waals surface area contributed by atoms with E-state index in [1.54, 1.807) is 5.32 Å². The first-order chi connectivity index (χ1) is 7.61. The van der Waals surface area contributed by atoms with Crippen molar-refractivity contribution in [3.8, 4) is 0 Å². The number of halogens is 3. The van der Waals surface area contributed by atoms with Gasteiger partial charge in [0, 0.05) is 6.42 Å². The van der Waals surface area contributed by atoms with E-state index >= 15 is 0 Å². The summed E-state index contributed by atoms with van der Waals surface area (Å²) in [5.74, 6) is -4.25. The Morgan fingerprint density at radius 1 is 1.18 bits per heavy atom. The van der Waals surface area contributed by atoms with Gasteiger partial charge in [0.15, 0.2) is 0 Å². The molecule has 0 heterocycles. The molecule has 17 heavy (non-hydrogen) atoms. The van der Waals surface area contributed by atoms with Crippen LogP contribution in [0.25, 0.3) is 0 Å². The van der Waals surface area contributed by atoms with Crippen molar-refractivity contribution in [3.63, 3.8) is 0 Å². The van der Waals surface area contributed by atoms with Crippen LogP contribution >= 0.6 is 0 Å². The van der Waals surface area contributed by atoms with E-state index in [9.17, 15) is 27.6 Å². The zero-order valence-corrected chi connectivity index (χ0v) is 8.45. The molecule has 6 nitrogen and oxygen atoms in total. The fraction of sp³-hybridized carbons (Fsp3) is 0.625. The van der Waals surface area contributed by atoms with Gasteiger partial charge in [-0.05, 0) is 0 Å². The predicted octanol–water partition coefficient (Wildman–Crippen LogP) is 0.373. The van der Waals surface area contributed by atoms with Gasteiger partial charge in [0.05, 0.1) is 12.8 Å². The van der Waals surface area contributed by atoms with Gasteiger partial charge < -0.3 is 15.5 Å². The van der Waals surface area contributed by atoms with Gasteiger partial charge in [-0.2, -0.15) is 13.2 Å². The Hall–Kier alpha value is -1.80. The van der Waals surface area contributed by atoms with Gasteiger partial charge in [0.25, 0.3) is 0 Å². The van der Waals surface area contributed by atoms with Gasteiger partial charge in [0.1, 0.15) is 6.04 Å². The van der Waals surface area contributed by atoms with Crippen molar-refractivity contribution in [1.29, 1.82) is 0 Å². The molecule has 98 valence electrons. The van der Waals surface area contributed by atoms with Gasteiger partial charge in [-0.15, -0.1) is 0 Å². The monoisotopic (exact) mass is 257 g/mol. The van der Waals surface area contributed by atoms with Gasteiger partial charge in [0.2, 0.25) is 5.91 Å². The van der Waals surface area contributed by atoms with Crippen LogP contribution < -0.4 is 5.32 Å². The third-order valence-electron chi connectivity index (χ3n) is 1.65. The minimum absolute atomic E-state index is 0.896. The van der Waals surface area contributed by atoms with Crippen LogP contribution in [0.1, 0.15) is 19.3 Å². The molecular formula is C8H10F3NO5. The lowest BCUT2D eigenvalue weighted by atomic mass is 10.2. The van der Waals surface area contributed by atoms with Crippen LogP contribution in [-0.2, 0) is 14.4 Å². The summed E-state index contributed by atoms with van der Waals surface area (Å²) in [7, 11) is 0. The van der Waals surface area contributed by atoms with Gasteiger partial charge in [-0.1, -0.05) is 0 Å². The first-order valence-corrected chi connectivity index (χ1v) is 4.42. The molecule has 0 aromatic heterocycles. The number of aliphatic carboxylic acids is 2. The summed E-state index contributed by atoms with van der Waals surface area (Å²) >= 11 is 0. The molecule has 0 radical (unpaired) electrons. The predicted molar refractivity (Wildman–Crippen MR) is 47.1 cm³/mol. The van der Waals surface area contributed by atoms with E-state index in [2.05, 4.69) is 0 Å². The molecule has 0 aromatic rings. The summed E-state index contributed by atoms with van der Waals surface area (Å²) in [4.78, 5) is 31.6. The van der Waals surface area contributed by atoms with Crippen molar-refractivity contribution in [2.45, 2.75) is 31.5 Å². The topological polar surface area (TPSA) is 104 Å². The normalized spacial score (nSPS) is 12.9. The van der Waals surface area contributed by atoms with Crippen molar-refractivity contribution in [1.82, 2.24) is 5.32 Å². The van der Waals surface area contributed by atoms with E-state index in [0.717, 1.165) is 0 Å². The number of carboxylic acid groups (broad SMARTS) is 2. The third kappa shape index (κ3) is 8.05. The van der Waals surface area contributed by atoms with Crippen LogP contribution in [0.2, 0.25) is 0 Å². The first-order valence-electron chi connectivity index (χ1n) is 4.42. The number of carbonyl (C=O) groups excluding carboxylic acids is 1. The van der Waals surface area contributed by atoms with E-state index < -0.39 is 49.3 Å². The molecule has 0 aliphatic carbocycles. The number of rotatable bonds is 6. The second-order valence-corrected chi connectivity index (χ2v) is 3.17. The maximum absolute atomic E-state index is 11.7. The average Bonchev–Trinajstić information content (AvgIpc) is 2.11. The summed E-state index contributed by atoms with van der Waals surface area (Å²) in [6, 6.07) is -1.73. The van der Waals surface area contributed by atoms with Crippen LogP contribution in [0, 0.1) is 0 Å². The highest BCUT2D eigenvalue weighted by Gasteiger charge is 2.29. The van der Waals surface area contributed by atoms with E-state index in [1.807, 2.05) is 0 Å². The van der Waals surface area contributed by atoms with Crippen LogP contribution in [0.15, 0.2) is 0 Å². The second-order valence-electron chi connectivity index (χ2n) is 3.17. The van der Waals surface area contributed by atoms with Crippen molar-refractivity contribution in [3.05, 3.63) is 0 Å². The van der Waals surface area contributed by atoms with Gasteiger partial charge in [-0.3, -0.25) is 9.59 Å². The van der Waals surface area contributed by atoms with E-state index in [0.29, 0.717) is 0 Å². The Morgan fingerprint density at radius 2 is 1.71 bits per heavy atom. The smallest absolute Gasteiger partial charge is 0.389 e. The Kier molecular flexibility index (Phi) is 5.42. The highest BCUT2D eigenvalue weighted by molar-refractivity contribution is 5.86. The van der Waals surface area contributed by atoms with Crippen LogP contribution in [-0.4, -0.2) is 40.3 Å². The number of hydrogen-bond acceptors (Lipinski definition) is 3. The molecule has 0 saturated carbocycles. The number of hydrogen-bond donors (Lipinski definition) is 3. The summed E-state index contributed by atoms with van der Waals surface area (Å²) in [5, 5.41) is 18.5. The maximum atomic E-state index is 11.7. The van der Waals surface area contributed by atoms with Gasteiger partial charge >= 0.3 is 18.1 Å². The van der Waals surface area contributed by atoms with Crippen molar-refractivity contribution < 1.29 is 37.8 Å². The molecule has 0 aromatic carbocycles. The Bertz CT molecular complexity index is 315. The lowest BCUT2D eigenvalue weighted by molar-refractivity contribution is -0.149. The lowest BCUT2D eigenvalue weighted by Gasteiger charge is -2.12. The minimum Gasteiger partial charge on any atom is -0.481 e. The Morgan fingerprint density at radius 3 is 2.06 bits per heavy atom. The molecule has 0 aliphatic heterocycles. The fourth-order valence-electron chi connectivity index (χ4n) is 0.896. The molecule has 0 aliphatic rings. The molecular weight excluding hydrogens is 247 g/mol. The summed E-state index contributed by atoms with van der Waals surface area (Å²) in [6.45, 7) is 0. The van der Waals surface area contributed by atoms with Crippen molar-refractivity contribution in [2.75, 3.05) is 0 Å². The molecule has 1 atom stereocenters. The van der Waals surface area contributed by atoms with E-state index in [4.69, 9.17) is 10.2 Å². The van der Waals surface area contributed by atoms with Crippen LogP contribution in [0.3, 0.4) is 0 Å². The zero-order chi connectivity index (χ0) is 13.6. The largest absolute Gasteiger partial charge is 0.481 e. The number of carboxylic acids is 2. The third-order valence-corrected chi connectivity index (χ3v) is 1.65. The quantitative estimate of drug-likeness (QED) is 0.637. The molecule has 0 fully saturated rings. The molecule has 0 spiro atoms. The number of alkyl halides is 3. The fourth-order valence-corrected chi connectivity index (χ4v) is 0.896. The standard InChI is InChI=1S/C8H10F3NO5/c9-8(10,11)2-1-5(13)12-4(7(16)17)3-6(14)15/h4H,1-3H2,(H,12,13)(H,14,15)(H,16,17)/t4-/m0/s1. The zero-order valence-electron chi connectivity index (χ0n) is 8.45. The van der Waals surface area contributed by atoms with Crippen molar-refractivity contribution in [2.24, 2.45) is 0 Å². The molecule has 0 bridgehead atoms. The molecule has 1 amide bonds. The number of amides is 1. The molecule has 3 N–H and O–H groups in total. The van der Waals surface area contributed by atoms with E-state index in [-0.39, 0.29) is 0 Å². The van der Waals surface area contributed by atoms with E-state index in [1.165, 1.54) is 0 Å². The van der Waals surface area contributed by atoms with Crippen LogP contribution in [0.5, 0.6) is 0 Å². The highest BCUT2D eigenvalue weighted by Crippen LogP contribution is 2.21. The SMILES string of the molecule is O=C(O)C[C@H](NC(=O)CCC(F)(F)F)C(=O)O. The summed E-state index contributed by atoms with van der Waals surface area (Å²) < 4.78 is 35.2. The minimum atomic E-state index is -4.52. The molecule has 0 saturated heterocycles. The van der Waals surface area contributed by atoms with Gasteiger partial charge in [-0.25, -0.2) is 4.79 Å². The average molecular weight is 257 g/mol. The van der Waals surface area contributed by atoms with Crippen LogP contribution in [0.4, 0.5) is 13.2 Å². The Labute approximate surface area is 93.4 Å². The Balaban J connectivity index is 4.22. The van der Waals surface area contributed by atoms with Crippen molar-refractivity contribution >= 4 is 17.8 Å². The first kappa shape index (κ1) is 15.2. The molecule has 9 heteroatoms. The molecule has 0 unspecified atom stereocenters. The molecule has 0 rings (SSSR count). The number of carbonyl (C=O) groups is 3. The highest BCUT2D eigenvalue weighted by atomic mass is 19.4. The number of nitrogens with one attached hydrogen (secondary N) is 1. The summed E-state index contributed by atoms with van der Waals surface area (Å²) in [6.07, 6.45) is -7.75. The second kappa shape index (κ2) is 6.06. The maximum Gasteiger partial charge on any atom is 0.389 e. The summed E-state index contributed by atoms with van der Waals surface area (Å²) in [5.41, 5.74) is 0. The lowest BCUT2D eigenvalue weighted by Crippen LogP contribution is -2.42.